The summed E-state index contributed by atoms with van der Waals surface area (Å²) in [4.78, 5) is 10.9. The highest BCUT2D eigenvalue weighted by Crippen LogP contribution is 2.17. The normalized spacial score (nSPS) is 13.1. The minimum absolute atomic E-state index is 0.0834. The Morgan fingerprint density at radius 1 is 1.44 bits per heavy atom. The summed E-state index contributed by atoms with van der Waals surface area (Å²) in [7, 11) is 0. The van der Waals surface area contributed by atoms with E-state index in [1.165, 1.54) is 0 Å². The monoisotopic (exact) mass is 226 g/mol. The first-order valence-corrected chi connectivity index (χ1v) is 5.35. The van der Waals surface area contributed by atoms with Crippen LogP contribution in [-0.2, 0) is 4.79 Å². The van der Waals surface area contributed by atoms with Crippen molar-refractivity contribution < 1.29 is 14.6 Å². The molecule has 1 aromatic heterocycles. The van der Waals surface area contributed by atoms with Crippen molar-refractivity contribution in [2.24, 2.45) is 5.92 Å². The molecule has 0 aliphatic rings. The molecule has 5 nitrogen and oxygen atoms in total. The molecule has 0 amide bonds. The molecule has 0 radical (unpaired) electrons. The van der Waals surface area contributed by atoms with Crippen molar-refractivity contribution >= 4 is 5.97 Å². The lowest BCUT2D eigenvalue weighted by molar-refractivity contribution is -0.147. The first-order valence-electron chi connectivity index (χ1n) is 5.35. The summed E-state index contributed by atoms with van der Waals surface area (Å²) in [5.74, 6) is -0.540. The lowest BCUT2D eigenvalue weighted by Gasteiger charge is -2.16. The lowest BCUT2D eigenvalue weighted by Crippen LogP contribution is -2.32. The van der Waals surface area contributed by atoms with Crippen LogP contribution in [0.2, 0.25) is 0 Å². The number of nitrogens with zero attached hydrogens (tertiary/aromatic N) is 2. The first-order chi connectivity index (χ1) is 7.41. The van der Waals surface area contributed by atoms with E-state index in [2.05, 4.69) is 5.10 Å². The number of carboxylic acid groups (broad SMARTS) is 1. The zero-order valence-corrected chi connectivity index (χ0v) is 10.0. The Bertz CT molecular complexity index is 358. The number of hydrogen-bond donors (Lipinski definition) is 1. The Labute approximate surface area is 95.0 Å². The molecule has 0 saturated carbocycles. The van der Waals surface area contributed by atoms with Gasteiger partial charge in [0.25, 0.3) is 0 Å². The molecule has 0 aliphatic carbocycles. The number of ether oxygens (including phenoxy) is 1. The Morgan fingerprint density at radius 2 is 2.06 bits per heavy atom. The van der Waals surface area contributed by atoms with Gasteiger partial charge in [-0.05, 0) is 13.8 Å². The molecule has 0 aliphatic heterocycles. The molecule has 1 aromatic rings. The molecule has 16 heavy (non-hydrogen) atoms. The number of hydrogen-bond acceptors (Lipinski definition) is 3. The second-order valence-corrected chi connectivity index (χ2v) is 4.37. The maximum atomic E-state index is 10.9. The first kappa shape index (κ1) is 12.5. The third kappa shape index (κ3) is 2.98. The molecular weight excluding hydrogens is 208 g/mol. The fourth-order valence-corrected chi connectivity index (χ4v) is 1.28. The molecule has 0 spiro atoms. The van der Waals surface area contributed by atoms with Gasteiger partial charge in [0, 0.05) is 12.0 Å². The Morgan fingerprint density at radius 3 is 2.44 bits per heavy atom. The SMILES string of the molecule is CC(C)C(Oc1cnn(C(C)C)c1)C(=O)O. The van der Waals surface area contributed by atoms with Gasteiger partial charge in [0.05, 0.1) is 12.4 Å². The van der Waals surface area contributed by atoms with Gasteiger partial charge in [-0.25, -0.2) is 4.79 Å². The van der Waals surface area contributed by atoms with E-state index in [-0.39, 0.29) is 12.0 Å². The van der Waals surface area contributed by atoms with Crippen molar-refractivity contribution in [1.29, 1.82) is 0 Å². The van der Waals surface area contributed by atoms with Crippen molar-refractivity contribution in [1.82, 2.24) is 9.78 Å². The number of aromatic nitrogens is 2. The smallest absolute Gasteiger partial charge is 0.345 e. The van der Waals surface area contributed by atoms with Gasteiger partial charge < -0.3 is 9.84 Å². The highest BCUT2D eigenvalue weighted by Gasteiger charge is 2.23. The van der Waals surface area contributed by atoms with Crippen LogP contribution in [0.4, 0.5) is 0 Å². The highest BCUT2D eigenvalue weighted by atomic mass is 16.5. The molecule has 0 aromatic carbocycles. The van der Waals surface area contributed by atoms with Gasteiger partial charge in [-0.3, -0.25) is 4.68 Å². The number of carboxylic acids is 1. The van der Waals surface area contributed by atoms with Crippen molar-refractivity contribution in [3.05, 3.63) is 12.4 Å². The lowest BCUT2D eigenvalue weighted by atomic mass is 10.1. The quantitative estimate of drug-likeness (QED) is 0.833. The molecule has 1 heterocycles. The van der Waals surface area contributed by atoms with Crippen LogP contribution >= 0.6 is 0 Å². The van der Waals surface area contributed by atoms with Gasteiger partial charge in [0.2, 0.25) is 0 Å². The van der Waals surface area contributed by atoms with Crippen molar-refractivity contribution in [3.63, 3.8) is 0 Å². The van der Waals surface area contributed by atoms with Gasteiger partial charge in [0.15, 0.2) is 11.9 Å². The molecular formula is C11H18N2O3. The zero-order valence-electron chi connectivity index (χ0n) is 10.0. The van der Waals surface area contributed by atoms with Crippen molar-refractivity contribution in [2.45, 2.75) is 39.8 Å². The topological polar surface area (TPSA) is 64.4 Å². The van der Waals surface area contributed by atoms with Gasteiger partial charge in [-0.2, -0.15) is 5.10 Å². The predicted octanol–water partition coefficient (Wildman–Crippen LogP) is 1.95. The van der Waals surface area contributed by atoms with E-state index in [4.69, 9.17) is 9.84 Å². The largest absolute Gasteiger partial charge is 0.478 e. The Balaban J connectivity index is 2.74. The van der Waals surface area contributed by atoms with E-state index in [0.717, 1.165) is 0 Å². The molecule has 0 saturated heterocycles. The van der Waals surface area contributed by atoms with Crippen LogP contribution in [0.1, 0.15) is 33.7 Å². The molecule has 0 fully saturated rings. The van der Waals surface area contributed by atoms with E-state index in [9.17, 15) is 4.79 Å². The standard InChI is InChI=1S/C11H18N2O3/c1-7(2)10(11(14)15)16-9-5-12-13(6-9)8(3)4/h5-8,10H,1-4H3,(H,14,15). The predicted molar refractivity (Wildman–Crippen MR) is 59.5 cm³/mol. The van der Waals surface area contributed by atoms with Crippen LogP contribution in [0.25, 0.3) is 0 Å². The second-order valence-electron chi connectivity index (χ2n) is 4.37. The van der Waals surface area contributed by atoms with Crippen LogP contribution in [0.5, 0.6) is 5.75 Å². The summed E-state index contributed by atoms with van der Waals surface area (Å²) in [6.45, 7) is 7.61. The average molecular weight is 226 g/mol. The van der Waals surface area contributed by atoms with E-state index in [1.807, 2.05) is 27.7 Å². The van der Waals surface area contributed by atoms with E-state index < -0.39 is 12.1 Å². The summed E-state index contributed by atoms with van der Waals surface area (Å²) < 4.78 is 7.12. The molecule has 1 atom stereocenters. The molecule has 1 unspecified atom stereocenters. The van der Waals surface area contributed by atoms with Gasteiger partial charge in [0.1, 0.15) is 0 Å². The highest BCUT2D eigenvalue weighted by molar-refractivity contribution is 5.73. The minimum Gasteiger partial charge on any atom is -0.478 e. The fraction of sp³-hybridized carbons (Fsp3) is 0.636. The summed E-state index contributed by atoms with van der Waals surface area (Å²) >= 11 is 0. The van der Waals surface area contributed by atoms with Crippen molar-refractivity contribution in [2.75, 3.05) is 0 Å². The van der Waals surface area contributed by atoms with Gasteiger partial charge >= 0.3 is 5.97 Å². The summed E-state index contributed by atoms with van der Waals surface area (Å²) in [6, 6.07) is 0.236. The van der Waals surface area contributed by atoms with E-state index in [1.54, 1.807) is 17.1 Å². The maximum absolute atomic E-state index is 10.9. The Hall–Kier alpha value is -1.52. The van der Waals surface area contributed by atoms with Crippen LogP contribution in [-0.4, -0.2) is 27.0 Å². The molecule has 0 bridgehead atoms. The summed E-state index contributed by atoms with van der Waals surface area (Å²) in [5.41, 5.74) is 0. The number of carbonyl (C=O) groups is 1. The molecule has 5 heteroatoms. The molecule has 1 N–H and O–H groups in total. The average Bonchev–Trinajstić information content (AvgIpc) is 2.61. The van der Waals surface area contributed by atoms with E-state index >= 15 is 0 Å². The third-order valence-electron chi connectivity index (χ3n) is 2.22. The van der Waals surface area contributed by atoms with Crippen LogP contribution in [0.15, 0.2) is 12.4 Å². The molecule has 1 rings (SSSR count). The Kier molecular flexibility index (Phi) is 3.93. The van der Waals surface area contributed by atoms with Crippen molar-refractivity contribution in [3.8, 4) is 5.75 Å². The fourth-order valence-electron chi connectivity index (χ4n) is 1.28. The van der Waals surface area contributed by atoms with Crippen LogP contribution < -0.4 is 4.74 Å². The third-order valence-corrected chi connectivity index (χ3v) is 2.22. The van der Waals surface area contributed by atoms with E-state index in [0.29, 0.717) is 5.75 Å². The maximum Gasteiger partial charge on any atom is 0.345 e. The minimum atomic E-state index is -0.952. The number of aliphatic carboxylic acids is 1. The zero-order chi connectivity index (χ0) is 12.3. The summed E-state index contributed by atoms with van der Waals surface area (Å²) in [6.07, 6.45) is 2.42. The van der Waals surface area contributed by atoms with Crippen LogP contribution in [0, 0.1) is 5.92 Å². The van der Waals surface area contributed by atoms with Gasteiger partial charge in [-0.1, -0.05) is 13.8 Å². The van der Waals surface area contributed by atoms with Crippen LogP contribution in [0.3, 0.4) is 0 Å². The van der Waals surface area contributed by atoms with Gasteiger partial charge in [-0.15, -0.1) is 0 Å². The number of rotatable bonds is 5. The second kappa shape index (κ2) is 5.01. The molecule has 90 valence electrons. The summed E-state index contributed by atoms with van der Waals surface area (Å²) in [5, 5.41) is 13.1.